The molecule has 1 fully saturated rings. The molecule has 1 atom stereocenters. The third-order valence-corrected chi connectivity index (χ3v) is 3.80. The molecule has 1 unspecified atom stereocenters. The molecule has 5 nitrogen and oxygen atoms in total. The van der Waals surface area contributed by atoms with Gasteiger partial charge in [-0.25, -0.2) is 0 Å². The molecule has 2 aromatic rings. The Labute approximate surface area is 122 Å². The van der Waals surface area contributed by atoms with Crippen LogP contribution in [0.2, 0.25) is 5.02 Å². The zero-order valence-corrected chi connectivity index (χ0v) is 12.1. The minimum absolute atomic E-state index is 0.424. The van der Waals surface area contributed by atoms with Crippen LogP contribution in [0.1, 0.15) is 25.7 Å². The summed E-state index contributed by atoms with van der Waals surface area (Å²) in [5.74, 6) is 1.83. The Morgan fingerprint density at radius 1 is 1.50 bits per heavy atom. The molecule has 3 rings (SSSR count). The first kappa shape index (κ1) is 13.5. The molecule has 2 heterocycles. The lowest BCUT2D eigenvalue weighted by Gasteiger charge is -2.14. The fraction of sp³-hybridized carbons (Fsp3) is 0.500. The summed E-state index contributed by atoms with van der Waals surface area (Å²) in [6.07, 6.45) is 4.99. The van der Waals surface area contributed by atoms with Gasteiger partial charge in [-0.15, -0.1) is 0 Å². The Kier molecular flexibility index (Phi) is 3.98. The number of hydrogen-bond acceptors (Lipinski definition) is 5. The van der Waals surface area contributed by atoms with Crippen LogP contribution in [-0.4, -0.2) is 27.7 Å². The second-order valence-corrected chi connectivity index (χ2v) is 5.46. The largest absolute Gasteiger partial charge is 0.339 e. The van der Waals surface area contributed by atoms with Crippen LogP contribution >= 0.6 is 11.6 Å². The van der Waals surface area contributed by atoms with Crippen molar-refractivity contribution in [2.75, 3.05) is 6.54 Å². The predicted octanol–water partition coefficient (Wildman–Crippen LogP) is 2.72. The highest BCUT2D eigenvalue weighted by Crippen LogP contribution is 2.34. The van der Waals surface area contributed by atoms with Crippen LogP contribution in [0, 0.1) is 5.92 Å². The summed E-state index contributed by atoms with van der Waals surface area (Å²) in [4.78, 5) is 8.60. The lowest BCUT2D eigenvalue weighted by Crippen LogP contribution is -2.33. The molecule has 0 amide bonds. The molecule has 1 aliphatic carbocycles. The van der Waals surface area contributed by atoms with E-state index in [4.69, 9.17) is 16.1 Å². The number of rotatable bonds is 6. The lowest BCUT2D eigenvalue weighted by molar-refractivity contribution is 0.348. The van der Waals surface area contributed by atoms with E-state index in [2.05, 4.69) is 27.4 Å². The van der Waals surface area contributed by atoms with Gasteiger partial charge < -0.3 is 9.84 Å². The average molecular weight is 293 g/mol. The van der Waals surface area contributed by atoms with Gasteiger partial charge in [0.05, 0.1) is 5.02 Å². The number of aromatic nitrogens is 3. The van der Waals surface area contributed by atoms with E-state index >= 15 is 0 Å². The van der Waals surface area contributed by atoms with Crippen LogP contribution in [0.5, 0.6) is 0 Å². The van der Waals surface area contributed by atoms with Gasteiger partial charge >= 0.3 is 0 Å². The molecule has 0 aliphatic heterocycles. The molecule has 2 aromatic heterocycles. The highest BCUT2D eigenvalue weighted by molar-refractivity contribution is 6.32. The lowest BCUT2D eigenvalue weighted by atomic mass is 10.1. The second-order valence-electron chi connectivity index (χ2n) is 5.05. The smallest absolute Gasteiger partial charge is 0.228 e. The third-order valence-electron chi connectivity index (χ3n) is 3.49. The number of nitrogens with zero attached hydrogens (tertiary/aromatic N) is 3. The van der Waals surface area contributed by atoms with Crippen molar-refractivity contribution in [2.45, 2.75) is 32.2 Å². The second kappa shape index (κ2) is 5.89. The van der Waals surface area contributed by atoms with Gasteiger partial charge in [-0.3, -0.25) is 4.98 Å². The van der Waals surface area contributed by atoms with Gasteiger partial charge in [-0.05, 0) is 37.4 Å². The Balaban J connectivity index is 1.75. The maximum absolute atomic E-state index is 6.09. The van der Waals surface area contributed by atoms with Gasteiger partial charge in [-0.1, -0.05) is 23.7 Å². The van der Waals surface area contributed by atoms with Crippen molar-refractivity contribution in [1.29, 1.82) is 0 Å². The molecule has 0 radical (unpaired) electrons. The number of hydrogen-bond donors (Lipinski definition) is 1. The van der Waals surface area contributed by atoms with Crippen molar-refractivity contribution in [3.63, 3.8) is 0 Å². The fourth-order valence-corrected chi connectivity index (χ4v) is 2.54. The summed E-state index contributed by atoms with van der Waals surface area (Å²) in [7, 11) is 0. The molecule has 0 saturated heterocycles. The normalized spacial score (nSPS) is 16.3. The minimum atomic E-state index is 0.424. The van der Waals surface area contributed by atoms with Gasteiger partial charge in [0.2, 0.25) is 11.7 Å². The Hall–Kier alpha value is -1.46. The SMILES string of the molecule is CCNC(Cc1nc(-c2ncccc2Cl)no1)C1CC1. The Morgan fingerprint density at radius 3 is 3.05 bits per heavy atom. The molecule has 0 aromatic carbocycles. The average Bonchev–Trinajstić information content (AvgIpc) is 3.20. The van der Waals surface area contributed by atoms with E-state index in [1.54, 1.807) is 18.3 Å². The predicted molar refractivity (Wildman–Crippen MR) is 76.4 cm³/mol. The highest BCUT2D eigenvalue weighted by atomic mass is 35.5. The van der Waals surface area contributed by atoms with Crippen LogP contribution in [-0.2, 0) is 6.42 Å². The first-order valence-corrected chi connectivity index (χ1v) is 7.32. The van der Waals surface area contributed by atoms with E-state index < -0.39 is 0 Å². The zero-order valence-electron chi connectivity index (χ0n) is 11.3. The number of halogens is 1. The highest BCUT2D eigenvalue weighted by Gasteiger charge is 2.32. The summed E-state index contributed by atoms with van der Waals surface area (Å²) in [6, 6.07) is 3.97. The van der Waals surface area contributed by atoms with Crippen LogP contribution in [0.4, 0.5) is 0 Å². The first-order chi connectivity index (χ1) is 9.78. The summed E-state index contributed by atoms with van der Waals surface area (Å²) >= 11 is 6.09. The van der Waals surface area contributed by atoms with E-state index in [-0.39, 0.29) is 0 Å². The first-order valence-electron chi connectivity index (χ1n) is 6.94. The number of likely N-dealkylation sites (N-methyl/N-ethyl adjacent to an activating group) is 1. The van der Waals surface area contributed by atoms with Crippen molar-refractivity contribution in [1.82, 2.24) is 20.4 Å². The number of nitrogens with one attached hydrogen (secondary N) is 1. The van der Waals surface area contributed by atoms with Crippen molar-refractivity contribution in [2.24, 2.45) is 5.92 Å². The van der Waals surface area contributed by atoms with Crippen molar-refractivity contribution < 1.29 is 4.52 Å². The van der Waals surface area contributed by atoms with Gasteiger partial charge in [0.1, 0.15) is 5.69 Å². The molecule has 1 aliphatic rings. The molecular weight excluding hydrogens is 276 g/mol. The van der Waals surface area contributed by atoms with Gasteiger partial charge in [0.15, 0.2) is 0 Å². The molecule has 1 N–H and O–H groups in total. The topological polar surface area (TPSA) is 63.8 Å². The van der Waals surface area contributed by atoms with Crippen LogP contribution < -0.4 is 5.32 Å². The van der Waals surface area contributed by atoms with Crippen molar-refractivity contribution >= 4 is 11.6 Å². The maximum Gasteiger partial charge on any atom is 0.228 e. The fourth-order valence-electron chi connectivity index (χ4n) is 2.34. The van der Waals surface area contributed by atoms with E-state index in [0.29, 0.717) is 28.5 Å². The third kappa shape index (κ3) is 2.99. The Morgan fingerprint density at radius 2 is 2.35 bits per heavy atom. The summed E-state index contributed by atoms with van der Waals surface area (Å²) in [5, 5.41) is 8.00. The summed E-state index contributed by atoms with van der Waals surface area (Å²) in [5.41, 5.74) is 0.565. The standard InChI is InChI=1S/C14H17ClN4O/c1-2-16-11(9-5-6-9)8-12-18-14(19-20-12)13-10(15)4-3-7-17-13/h3-4,7,9,11,16H,2,5-6,8H2,1H3. The molecule has 0 spiro atoms. The van der Waals surface area contributed by atoms with Crippen molar-refractivity contribution in [3.8, 4) is 11.5 Å². The van der Waals surface area contributed by atoms with Gasteiger partial charge in [0.25, 0.3) is 0 Å². The molecule has 6 heteroatoms. The monoisotopic (exact) mass is 292 g/mol. The van der Waals surface area contributed by atoms with E-state index in [1.165, 1.54) is 12.8 Å². The van der Waals surface area contributed by atoms with Crippen LogP contribution in [0.15, 0.2) is 22.9 Å². The van der Waals surface area contributed by atoms with Gasteiger partial charge in [-0.2, -0.15) is 4.98 Å². The van der Waals surface area contributed by atoms with Crippen molar-refractivity contribution in [3.05, 3.63) is 29.2 Å². The van der Waals surface area contributed by atoms with E-state index in [9.17, 15) is 0 Å². The quantitative estimate of drug-likeness (QED) is 0.887. The Bertz CT molecular complexity index is 582. The number of pyridine rings is 1. The molecule has 1 saturated carbocycles. The minimum Gasteiger partial charge on any atom is -0.339 e. The summed E-state index contributed by atoms with van der Waals surface area (Å²) in [6.45, 7) is 3.07. The molecule has 106 valence electrons. The zero-order chi connectivity index (χ0) is 13.9. The van der Waals surface area contributed by atoms with Crippen LogP contribution in [0.3, 0.4) is 0 Å². The van der Waals surface area contributed by atoms with Gasteiger partial charge in [0, 0.05) is 18.7 Å². The molecular formula is C14H17ClN4O. The van der Waals surface area contributed by atoms with E-state index in [1.807, 2.05) is 0 Å². The summed E-state index contributed by atoms with van der Waals surface area (Å²) < 4.78 is 5.33. The molecule has 0 bridgehead atoms. The maximum atomic E-state index is 6.09. The van der Waals surface area contributed by atoms with E-state index in [0.717, 1.165) is 18.9 Å². The molecule has 20 heavy (non-hydrogen) atoms. The van der Waals surface area contributed by atoms with Crippen LogP contribution in [0.25, 0.3) is 11.5 Å².